The number of carbonyl (C=O) groups is 3. The molecule has 1 heterocycles. The molecule has 2 rings (SSSR count). The minimum Gasteiger partial charge on any atom is -0.481 e. The number of aliphatic carboxylic acids is 1. The minimum absolute atomic E-state index is 0.154. The van der Waals surface area contributed by atoms with E-state index in [1.807, 2.05) is 6.92 Å². The van der Waals surface area contributed by atoms with Gasteiger partial charge in [-0.25, -0.2) is 0 Å². The van der Waals surface area contributed by atoms with Crippen molar-refractivity contribution in [2.75, 3.05) is 19.6 Å². The van der Waals surface area contributed by atoms with Crippen LogP contribution >= 0.6 is 0 Å². The maximum absolute atomic E-state index is 12.5. The van der Waals surface area contributed by atoms with Crippen molar-refractivity contribution in [2.45, 2.75) is 26.2 Å². The fourth-order valence-electron chi connectivity index (χ4n) is 2.65. The van der Waals surface area contributed by atoms with Gasteiger partial charge in [0.2, 0.25) is 0 Å². The van der Waals surface area contributed by atoms with Gasteiger partial charge in [-0.15, -0.1) is 0 Å². The van der Waals surface area contributed by atoms with Crippen LogP contribution in [-0.2, 0) is 4.79 Å². The summed E-state index contributed by atoms with van der Waals surface area (Å²) in [5, 5.41) is 11.8. The van der Waals surface area contributed by atoms with Gasteiger partial charge in [-0.2, -0.15) is 0 Å². The first-order chi connectivity index (χ1) is 11.0. The molecule has 0 spiro atoms. The summed E-state index contributed by atoms with van der Waals surface area (Å²) in [4.78, 5) is 37.1. The molecular formula is C17H22N2O4. The number of nitrogens with zero attached hydrogens (tertiary/aromatic N) is 1. The maximum atomic E-state index is 12.5. The fraction of sp³-hybridized carbons (Fsp3) is 0.471. The monoisotopic (exact) mass is 318 g/mol. The number of rotatable bonds is 5. The van der Waals surface area contributed by atoms with Crippen molar-refractivity contribution in [3.05, 3.63) is 35.4 Å². The molecule has 0 saturated carbocycles. The van der Waals surface area contributed by atoms with E-state index in [4.69, 9.17) is 5.11 Å². The molecule has 0 bridgehead atoms. The smallest absolute Gasteiger partial charge is 0.306 e. The average molecular weight is 318 g/mol. The van der Waals surface area contributed by atoms with Crippen LogP contribution in [0.15, 0.2) is 24.3 Å². The zero-order chi connectivity index (χ0) is 16.8. The Kier molecular flexibility index (Phi) is 5.73. The molecule has 1 aliphatic rings. The average Bonchev–Trinajstić information content (AvgIpc) is 2.59. The second kappa shape index (κ2) is 7.76. The molecule has 124 valence electrons. The van der Waals surface area contributed by atoms with E-state index in [-0.39, 0.29) is 17.7 Å². The number of nitrogens with one attached hydrogen (secondary N) is 1. The van der Waals surface area contributed by atoms with E-state index >= 15 is 0 Å². The molecule has 2 amide bonds. The number of carboxylic acid groups (broad SMARTS) is 1. The van der Waals surface area contributed by atoms with Crippen LogP contribution in [0.5, 0.6) is 0 Å². The van der Waals surface area contributed by atoms with Crippen molar-refractivity contribution in [3.63, 3.8) is 0 Å². The third-order valence-electron chi connectivity index (χ3n) is 4.04. The third-order valence-corrected chi connectivity index (χ3v) is 4.04. The Labute approximate surface area is 135 Å². The highest BCUT2D eigenvalue weighted by atomic mass is 16.4. The van der Waals surface area contributed by atoms with Crippen LogP contribution in [0.2, 0.25) is 0 Å². The van der Waals surface area contributed by atoms with E-state index in [2.05, 4.69) is 5.32 Å². The molecule has 1 aliphatic heterocycles. The molecule has 2 N–H and O–H groups in total. The van der Waals surface area contributed by atoms with Crippen molar-refractivity contribution in [1.82, 2.24) is 10.2 Å². The molecule has 0 aromatic heterocycles. The van der Waals surface area contributed by atoms with Gasteiger partial charge in [-0.3, -0.25) is 14.4 Å². The van der Waals surface area contributed by atoms with Gasteiger partial charge >= 0.3 is 5.97 Å². The summed E-state index contributed by atoms with van der Waals surface area (Å²) in [6.07, 6.45) is 1.79. The highest BCUT2D eigenvalue weighted by Crippen LogP contribution is 2.19. The molecule has 1 aromatic rings. The summed E-state index contributed by atoms with van der Waals surface area (Å²) in [6.45, 7) is 3.44. The molecule has 6 heteroatoms. The lowest BCUT2D eigenvalue weighted by molar-refractivity contribution is -0.143. The summed E-state index contributed by atoms with van der Waals surface area (Å²) in [6, 6.07) is 6.65. The number of amides is 2. The summed E-state index contributed by atoms with van der Waals surface area (Å²) >= 11 is 0. The Morgan fingerprint density at radius 1 is 1.22 bits per heavy atom. The molecule has 1 saturated heterocycles. The predicted molar refractivity (Wildman–Crippen MR) is 85.3 cm³/mol. The first-order valence-corrected chi connectivity index (χ1v) is 7.93. The van der Waals surface area contributed by atoms with Crippen LogP contribution in [0.4, 0.5) is 0 Å². The highest BCUT2D eigenvalue weighted by molar-refractivity contribution is 5.99. The van der Waals surface area contributed by atoms with Crippen molar-refractivity contribution in [3.8, 4) is 0 Å². The number of hydrogen-bond donors (Lipinski definition) is 2. The maximum Gasteiger partial charge on any atom is 0.306 e. The van der Waals surface area contributed by atoms with Crippen LogP contribution in [0.25, 0.3) is 0 Å². The van der Waals surface area contributed by atoms with Gasteiger partial charge in [-0.05, 0) is 37.5 Å². The largest absolute Gasteiger partial charge is 0.481 e. The first-order valence-electron chi connectivity index (χ1n) is 7.93. The number of likely N-dealkylation sites (tertiary alicyclic amines) is 1. The van der Waals surface area contributed by atoms with Crippen LogP contribution in [0.3, 0.4) is 0 Å². The number of benzene rings is 1. The van der Waals surface area contributed by atoms with Crippen molar-refractivity contribution in [2.24, 2.45) is 5.92 Å². The lowest BCUT2D eigenvalue weighted by Gasteiger charge is -2.30. The van der Waals surface area contributed by atoms with Gasteiger partial charge in [-0.1, -0.05) is 13.0 Å². The molecule has 0 radical (unpaired) electrons. The Morgan fingerprint density at radius 3 is 2.48 bits per heavy atom. The zero-order valence-corrected chi connectivity index (χ0v) is 13.2. The quantitative estimate of drug-likeness (QED) is 0.866. The summed E-state index contributed by atoms with van der Waals surface area (Å²) in [7, 11) is 0. The topological polar surface area (TPSA) is 86.7 Å². The van der Waals surface area contributed by atoms with Crippen LogP contribution < -0.4 is 5.32 Å². The van der Waals surface area contributed by atoms with Gasteiger partial charge < -0.3 is 15.3 Å². The molecule has 0 unspecified atom stereocenters. The van der Waals surface area contributed by atoms with Crippen molar-refractivity contribution >= 4 is 17.8 Å². The van der Waals surface area contributed by atoms with Crippen molar-refractivity contribution in [1.29, 1.82) is 0 Å². The molecular weight excluding hydrogens is 296 g/mol. The summed E-state index contributed by atoms with van der Waals surface area (Å²) < 4.78 is 0. The lowest BCUT2D eigenvalue weighted by Crippen LogP contribution is -2.40. The summed E-state index contributed by atoms with van der Waals surface area (Å²) in [5.74, 6) is -1.51. The van der Waals surface area contributed by atoms with Gasteiger partial charge in [0.25, 0.3) is 11.8 Å². The highest BCUT2D eigenvalue weighted by Gasteiger charge is 2.27. The Hall–Kier alpha value is -2.37. The van der Waals surface area contributed by atoms with E-state index in [0.29, 0.717) is 43.6 Å². The van der Waals surface area contributed by atoms with Crippen LogP contribution in [-0.4, -0.2) is 47.4 Å². The fourth-order valence-corrected chi connectivity index (χ4v) is 2.65. The van der Waals surface area contributed by atoms with Gasteiger partial charge in [0, 0.05) is 30.8 Å². The SMILES string of the molecule is CCCNC(=O)c1cccc(C(=O)N2CCC(C(=O)O)CC2)c1. The number of hydrogen-bond acceptors (Lipinski definition) is 3. The molecule has 23 heavy (non-hydrogen) atoms. The second-order valence-corrected chi connectivity index (χ2v) is 5.74. The van der Waals surface area contributed by atoms with E-state index in [1.54, 1.807) is 29.2 Å². The number of carbonyl (C=O) groups excluding carboxylic acids is 2. The second-order valence-electron chi connectivity index (χ2n) is 5.74. The van der Waals surface area contributed by atoms with Crippen LogP contribution in [0, 0.1) is 5.92 Å². The van der Waals surface area contributed by atoms with Gasteiger partial charge in [0.15, 0.2) is 0 Å². The minimum atomic E-state index is -0.799. The van der Waals surface area contributed by atoms with Gasteiger partial charge in [0.05, 0.1) is 5.92 Å². The standard InChI is InChI=1S/C17H22N2O4/c1-2-8-18-15(20)13-4-3-5-14(11-13)16(21)19-9-6-12(7-10-19)17(22)23/h3-5,11-12H,2,6-10H2,1H3,(H,18,20)(H,22,23). The first kappa shape index (κ1) is 17.0. The molecule has 1 aromatic carbocycles. The Balaban J connectivity index is 2.03. The lowest BCUT2D eigenvalue weighted by atomic mass is 9.96. The van der Waals surface area contributed by atoms with Gasteiger partial charge in [0.1, 0.15) is 0 Å². The molecule has 0 atom stereocenters. The van der Waals surface area contributed by atoms with Crippen molar-refractivity contribution < 1.29 is 19.5 Å². The molecule has 1 fully saturated rings. The van der Waals surface area contributed by atoms with E-state index in [0.717, 1.165) is 6.42 Å². The van der Waals surface area contributed by atoms with E-state index in [1.165, 1.54) is 0 Å². The van der Waals surface area contributed by atoms with Crippen LogP contribution in [0.1, 0.15) is 46.9 Å². The number of carboxylic acids is 1. The normalized spacial score (nSPS) is 15.3. The third kappa shape index (κ3) is 4.31. The molecule has 0 aliphatic carbocycles. The van der Waals surface area contributed by atoms with E-state index in [9.17, 15) is 14.4 Å². The Bertz CT molecular complexity index is 592. The van der Waals surface area contributed by atoms with E-state index < -0.39 is 5.97 Å². The summed E-state index contributed by atoms with van der Waals surface area (Å²) in [5.41, 5.74) is 0.924. The molecule has 6 nitrogen and oxygen atoms in total. The predicted octanol–water partition coefficient (Wildman–Crippen LogP) is 1.76. The number of piperidine rings is 1. The Morgan fingerprint density at radius 2 is 1.87 bits per heavy atom. The zero-order valence-electron chi connectivity index (χ0n) is 13.2.